The van der Waals surface area contributed by atoms with Crippen LogP contribution in [0.4, 0.5) is 0 Å². The summed E-state index contributed by atoms with van der Waals surface area (Å²) in [6.07, 6.45) is 1.13. The SMILES string of the molecule is N#CC12CC3c4ccccc4C1C32. The molecule has 4 atom stereocenters. The van der Waals surface area contributed by atoms with Crippen molar-refractivity contribution in [3.05, 3.63) is 35.4 Å². The Morgan fingerprint density at radius 1 is 1.31 bits per heavy atom. The molecule has 0 heterocycles. The Hall–Kier alpha value is -1.29. The molecule has 0 N–H and O–H groups in total. The molecule has 0 aromatic heterocycles. The summed E-state index contributed by atoms with van der Waals surface area (Å²) in [7, 11) is 0. The fourth-order valence-electron chi connectivity index (χ4n) is 3.75. The molecule has 2 saturated carbocycles. The van der Waals surface area contributed by atoms with Gasteiger partial charge in [0.2, 0.25) is 0 Å². The number of nitriles is 1. The molecule has 0 saturated heterocycles. The van der Waals surface area contributed by atoms with Gasteiger partial charge in [-0.15, -0.1) is 0 Å². The lowest BCUT2D eigenvalue weighted by Crippen LogP contribution is -2.24. The molecular formula is C12H9N. The largest absolute Gasteiger partial charge is 0.198 e. The Bertz CT molecular complexity index is 456. The van der Waals surface area contributed by atoms with Gasteiger partial charge < -0.3 is 0 Å². The number of fused-ring (bicyclic) bond motifs is 4. The van der Waals surface area contributed by atoms with Gasteiger partial charge in [0, 0.05) is 5.92 Å². The summed E-state index contributed by atoms with van der Waals surface area (Å²) in [4.78, 5) is 0. The third-order valence-electron chi connectivity index (χ3n) is 4.33. The van der Waals surface area contributed by atoms with Crippen molar-refractivity contribution in [3.8, 4) is 6.07 Å². The topological polar surface area (TPSA) is 23.8 Å². The van der Waals surface area contributed by atoms with Gasteiger partial charge in [-0.2, -0.15) is 5.26 Å². The average molecular weight is 167 g/mol. The number of hydrogen-bond donors (Lipinski definition) is 0. The van der Waals surface area contributed by atoms with Crippen LogP contribution < -0.4 is 0 Å². The number of benzene rings is 1. The van der Waals surface area contributed by atoms with E-state index in [9.17, 15) is 0 Å². The van der Waals surface area contributed by atoms with E-state index in [1.54, 1.807) is 0 Å². The van der Waals surface area contributed by atoms with Crippen LogP contribution in [0.15, 0.2) is 24.3 Å². The Morgan fingerprint density at radius 2 is 2.08 bits per heavy atom. The van der Waals surface area contributed by atoms with Gasteiger partial charge >= 0.3 is 0 Å². The maximum Gasteiger partial charge on any atom is 0.0699 e. The van der Waals surface area contributed by atoms with E-state index in [0.29, 0.717) is 11.8 Å². The lowest BCUT2D eigenvalue weighted by molar-refractivity contribution is 0.310. The van der Waals surface area contributed by atoms with Crippen LogP contribution in [-0.4, -0.2) is 0 Å². The van der Waals surface area contributed by atoms with Crippen molar-refractivity contribution in [3.63, 3.8) is 0 Å². The van der Waals surface area contributed by atoms with Crippen LogP contribution in [-0.2, 0) is 0 Å². The van der Waals surface area contributed by atoms with Crippen LogP contribution in [0.1, 0.15) is 29.4 Å². The Morgan fingerprint density at radius 3 is 2.85 bits per heavy atom. The monoisotopic (exact) mass is 167 g/mol. The predicted octanol–water partition coefficient (Wildman–Crippen LogP) is 2.41. The van der Waals surface area contributed by atoms with Crippen LogP contribution in [0, 0.1) is 22.7 Å². The second kappa shape index (κ2) is 1.53. The third-order valence-corrected chi connectivity index (χ3v) is 4.33. The molecule has 1 heteroatoms. The van der Waals surface area contributed by atoms with Crippen molar-refractivity contribution in [1.82, 2.24) is 0 Å². The number of nitrogens with zero attached hydrogens (tertiary/aromatic N) is 1. The Kier molecular flexibility index (Phi) is 0.729. The Labute approximate surface area is 77.0 Å². The Balaban J connectivity index is 1.97. The molecule has 3 aliphatic carbocycles. The van der Waals surface area contributed by atoms with E-state index < -0.39 is 0 Å². The van der Waals surface area contributed by atoms with E-state index in [-0.39, 0.29) is 5.41 Å². The van der Waals surface area contributed by atoms with Crippen LogP contribution in [0.2, 0.25) is 0 Å². The zero-order valence-corrected chi connectivity index (χ0v) is 7.20. The molecule has 0 radical (unpaired) electrons. The molecule has 62 valence electrons. The summed E-state index contributed by atoms with van der Waals surface area (Å²) in [5.41, 5.74) is 3.11. The molecule has 0 aliphatic heterocycles. The molecule has 13 heavy (non-hydrogen) atoms. The summed E-state index contributed by atoms with van der Waals surface area (Å²) < 4.78 is 0. The molecule has 4 unspecified atom stereocenters. The summed E-state index contributed by atoms with van der Waals surface area (Å²) >= 11 is 0. The lowest BCUT2D eigenvalue weighted by Gasteiger charge is -2.32. The molecular weight excluding hydrogens is 158 g/mol. The van der Waals surface area contributed by atoms with Gasteiger partial charge in [-0.05, 0) is 29.4 Å². The van der Waals surface area contributed by atoms with E-state index in [0.717, 1.165) is 12.3 Å². The minimum Gasteiger partial charge on any atom is -0.198 e. The minimum atomic E-state index is 0.0963. The lowest BCUT2D eigenvalue weighted by atomic mass is 9.69. The van der Waals surface area contributed by atoms with Crippen molar-refractivity contribution in [2.45, 2.75) is 18.3 Å². The van der Waals surface area contributed by atoms with E-state index >= 15 is 0 Å². The zero-order chi connectivity index (χ0) is 8.63. The van der Waals surface area contributed by atoms with Gasteiger partial charge in [0.1, 0.15) is 0 Å². The number of rotatable bonds is 0. The first-order valence-electron chi connectivity index (χ1n) is 4.88. The maximum atomic E-state index is 9.08. The van der Waals surface area contributed by atoms with Gasteiger partial charge in [-0.1, -0.05) is 24.3 Å². The smallest absolute Gasteiger partial charge is 0.0699 e. The van der Waals surface area contributed by atoms with Gasteiger partial charge in [0.25, 0.3) is 0 Å². The summed E-state index contributed by atoms with van der Waals surface area (Å²) in [5, 5.41) is 9.08. The van der Waals surface area contributed by atoms with Crippen LogP contribution >= 0.6 is 0 Å². The summed E-state index contributed by atoms with van der Waals surface area (Å²) in [6, 6.07) is 11.2. The molecule has 0 spiro atoms. The zero-order valence-electron chi connectivity index (χ0n) is 7.20. The van der Waals surface area contributed by atoms with Gasteiger partial charge in [-0.25, -0.2) is 0 Å². The molecule has 2 fully saturated rings. The maximum absolute atomic E-state index is 9.08. The first kappa shape index (κ1) is 6.21. The molecule has 0 amide bonds. The van der Waals surface area contributed by atoms with Gasteiger partial charge in [-0.3, -0.25) is 0 Å². The molecule has 3 aliphatic rings. The van der Waals surface area contributed by atoms with E-state index in [2.05, 4.69) is 30.3 Å². The normalized spacial score (nSPS) is 47.2. The highest BCUT2D eigenvalue weighted by Gasteiger charge is 2.80. The van der Waals surface area contributed by atoms with Crippen molar-refractivity contribution in [2.75, 3.05) is 0 Å². The second-order valence-corrected chi connectivity index (χ2v) is 4.60. The van der Waals surface area contributed by atoms with E-state index in [4.69, 9.17) is 5.26 Å². The fraction of sp³-hybridized carbons (Fsp3) is 0.417. The fourth-order valence-corrected chi connectivity index (χ4v) is 3.75. The predicted molar refractivity (Wildman–Crippen MR) is 48.1 cm³/mol. The minimum absolute atomic E-state index is 0.0963. The van der Waals surface area contributed by atoms with Crippen LogP contribution in [0.25, 0.3) is 0 Å². The van der Waals surface area contributed by atoms with Crippen molar-refractivity contribution in [2.24, 2.45) is 11.3 Å². The van der Waals surface area contributed by atoms with E-state index in [1.165, 1.54) is 11.1 Å². The quantitative estimate of drug-likeness (QED) is 0.582. The van der Waals surface area contributed by atoms with Gasteiger partial charge in [0.15, 0.2) is 0 Å². The third kappa shape index (κ3) is 0.425. The average Bonchev–Trinajstić information content (AvgIpc) is 2.55. The van der Waals surface area contributed by atoms with Crippen molar-refractivity contribution in [1.29, 1.82) is 5.26 Å². The summed E-state index contributed by atoms with van der Waals surface area (Å²) in [5.74, 6) is 2.05. The van der Waals surface area contributed by atoms with Crippen LogP contribution in [0.5, 0.6) is 0 Å². The molecule has 1 aromatic rings. The van der Waals surface area contributed by atoms with Crippen LogP contribution in [0.3, 0.4) is 0 Å². The second-order valence-electron chi connectivity index (χ2n) is 4.60. The van der Waals surface area contributed by atoms with E-state index in [1.807, 2.05) is 0 Å². The first-order valence-corrected chi connectivity index (χ1v) is 4.88. The highest BCUT2D eigenvalue weighted by atomic mass is 14.8. The molecule has 0 bridgehead atoms. The molecule has 4 rings (SSSR count). The highest BCUT2D eigenvalue weighted by Crippen LogP contribution is 2.86. The number of hydrogen-bond acceptors (Lipinski definition) is 1. The van der Waals surface area contributed by atoms with Gasteiger partial charge in [0.05, 0.1) is 11.5 Å². The molecule has 1 nitrogen and oxygen atoms in total. The first-order chi connectivity index (χ1) is 6.38. The summed E-state index contributed by atoms with van der Waals surface area (Å²) in [6.45, 7) is 0. The van der Waals surface area contributed by atoms with Crippen molar-refractivity contribution >= 4 is 0 Å². The standard InChI is InChI=1S/C12H9N/c13-6-12-5-9-7-3-1-2-4-8(7)10(12)11(9)12/h1-4,9-11H,5H2. The van der Waals surface area contributed by atoms with Crippen molar-refractivity contribution < 1.29 is 0 Å². The molecule has 1 aromatic carbocycles. The highest BCUT2D eigenvalue weighted by molar-refractivity contribution is 5.58.